The van der Waals surface area contributed by atoms with E-state index in [2.05, 4.69) is 15.9 Å². The van der Waals surface area contributed by atoms with Gasteiger partial charge in [-0.3, -0.25) is 0 Å². The monoisotopic (exact) mass is 281 g/mol. The van der Waals surface area contributed by atoms with Gasteiger partial charge in [0.2, 0.25) is 0 Å². The van der Waals surface area contributed by atoms with Gasteiger partial charge in [0.1, 0.15) is 5.75 Å². The minimum atomic E-state index is -0.317. The number of rotatable bonds is 3. The molecule has 80 valence electrons. The third-order valence-corrected chi connectivity index (χ3v) is 2.32. The van der Waals surface area contributed by atoms with Crippen molar-refractivity contribution < 1.29 is 10.2 Å². The van der Waals surface area contributed by atoms with E-state index in [9.17, 15) is 5.11 Å². The summed E-state index contributed by atoms with van der Waals surface area (Å²) in [5.41, 5.74) is 6.39. The van der Waals surface area contributed by atoms with E-state index in [0.29, 0.717) is 12.0 Å². The van der Waals surface area contributed by atoms with E-state index in [0.717, 1.165) is 4.47 Å². The number of aliphatic hydroxyl groups is 1. The summed E-state index contributed by atoms with van der Waals surface area (Å²) in [7, 11) is 0. The number of aromatic hydroxyl groups is 1. The summed E-state index contributed by atoms with van der Waals surface area (Å²) in [6.07, 6.45) is 0.448. The molecule has 0 heterocycles. The number of aliphatic hydroxyl groups excluding tert-OH is 1. The highest BCUT2D eigenvalue weighted by atomic mass is 79.9. The second-order valence-corrected chi connectivity index (χ2v) is 3.74. The number of phenols is 1. The average Bonchev–Trinajstić information content (AvgIpc) is 2.09. The molecule has 0 fully saturated rings. The summed E-state index contributed by atoms with van der Waals surface area (Å²) in [5, 5.41) is 18.1. The minimum absolute atomic E-state index is 0. The molecule has 0 saturated carbocycles. The normalized spacial score (nSPS) is 11.9. The van der Waals surface area contributed by atoms with Crippen LogP contribution in [-0.2, 0) is 0 Å². The lowest BCUT2D eigenvalue weighted by Gasteiger charge is -2.12. The first-order chi connectivity index (χ1) is 6.15. The molecule has 1 rings (SSSR count). The van der Waals surface area contributed by atoms with Gasteiger partial charge in [-0.15, -0.1) is 12.4 Å². The van der Waals surface area contributed by atoms with Crippen LogP contribution in [0.4, 0.5) is 0 Å². The fourth-order valence-electron chi connectivity index (χ4n) is 1.12. The topological polar surface area (TPSA) is 66.5 Å². The van der Waals surface area contributed by atoms with Crippen LogP contribution in [0.15, 0.2) is 22.7 Å². The maximum absolute atomic E-state index is 9.45. The van der Waals surface area contributed by atoms with Gasteiger partial charge in [0.25, 0.3) is 0 Å². The van der Waals surface area contributed by atoms with Crippen molar-refractivity contribution in [1.29, 1.82) is 0 Å². The Kier molecular flexibility index (Phi) is 6.11. The smallest absolute Gasteiger partial charge is 0.120 e. The molecule has 4 N–H and O–H groups in total. The average molecular weight is 283 g/mol. The second-order valence-electron chi connectivity index (χ2n) is 2.82. The van der Waals surface area contributed by atoms with Crippen LogP contribution in [-0.4, -0.2) is 16.8 Å². The Balaban J connectivity index is 0.00000169. The first-order valence-electron chi connectivity index (χ1n) is 4.00. The Labute approximate surface area is 97.5 Å². The third-order valence-electron chi connectivity index (χ3n) is 1.83. The molecule has 1 atom stereocenters. The highest BCUT2D eigenvalue weighted by molar-refractivity contribution is 9.10. The summed E-state index contributed by atoms with van der Waals surface area (Å²) in [5.74, 6) is 0.171. The summed E-state index contributed by atoms with van der Waals surface area (Å²) in [6, 6.07) is 4.76. The van der Waals surface area contributed by atoms with E-state index in [4.69, 9.17) is 10.8 Å². The van der Waals surface area contributed by atoms with Crippen LogP contribution >= 0.6 is 28.3 Å². The van der Waals surface area contributed by atoms with Crippen molar-refractivity contribution in [2.45, 2.75) is 12.5 Å². The standard InChI is InChI=1S/C9H12BrNO2.ClH/c10-6-1-2-9(13)7(5-6)8(11)3-4-12;/h1-2,5,8,12-13H,3-4,11H2;1H/t8-;/m0./s1. The highest BCUT2D eigenvalue weighted by Crippen LogP contribution is 2.27. The van der Waals surface area contributed by atoms with E-state index >= 15 is 0 Å². The Morgan fingerprint density at radius 2 is 2.07 bits per heavy atom. The maximum atomic E-state index is 9.45. The Morgan fingerprint density at radius 1 is 1.43 bits per heavy atom. The van der Waals surface area contributed by atoms with Crippen molar-refractivity contribution in [2.75, 3.05) is 6.61 Å². The van der Waals surface area contributed by atoms with Crippen LogP contribution in [0.3, 0.4) is 0 Å². The van der Waals surface area contributed by atoms with Crippen molar-refractivity contribution in [3.05, 3.63) is 28.2 Å². The first kappa shape index (κ1) is 13.7. The Hall–Kier alpha value is -0.290. The highest BCUT2D eigenvalue weighted by Gasteiger charge is 2.10. The van der Waals surface area contributed by atoms with Crippen molar-refractivity contribution in [2.24, 2.45) is 5.73 Å². The van der Waals surface area contributed by atoms with Crippen LogP contribution in [0.2, 0.25) is 0 Å². The van der Waals surface area contributed by atoms with Crippen LogP contribution in [0, 0.1) is 0 Å². The lowest BCUT2D eigenvalue weighted by molar-refractivity contribution is 0.275. The lowest BCUT2D eigenvalue weighted by atomic mass is 10.0. The zero-order chi connectivity index (χ0) is 9.84. The molecule has 0 saturated heterocycles. The molecule has 0 spiro atoms. The van der Waals surface area contributed by atoms with E-state index < -0.39 is 0 Å². The molecule has 0 aliphatic heterocycles. The predicted molar refractivity (Wildman–Crippen MR) is 61.7 cm³/mol. The van der Waals surface area contributed by atoms with Gasteiger partial charge in [-0.25, -0.2) is 0 Å². The van der Waals surface area contributed by atoms with Gasteiger partial charge in [-0.05, 0) is 24.6 Å². The SMILES string of the molecule is Cl.N[C@@H](CCO)c1cc(Br)ccc1O. The van der Waals surface area contributed by atoms with Crippen molar-refractivity contribution in [1.82, 2.24) is 0 Å². The lowest BCUT2D eigenvalue weighted by Crippen LogP contribution is -2.12. The summed E-state index contributed by atoms with van der Waals surface area (Å²) in [4.78, 5) is 0. The molecule has 14 heavy (non-hydrogen) atoms. The zero-order valence-corrected chi connectivity index (χ0v) is 9.88. The van der Waals surface area contributed by atoms with E-state index in [1.165, 1.54) is 0 Å². The molecular formula is C9H13BrClNO2. The largest absolute Gasteiger partial charge is 0.508 e. The number of hydrogen-bond acceptors (Lipinski definition) is 3. The molecule has 0 amide bonds. The molecule has 0 aromatic heterocycles. The molecular weight excluding hydrogens is 269 g/mol. The number of phenolic OH excluding ortho intramolecular Hbond substituents is 1. The molecule has 0 aliphatic rings. The fraction of sp³-hybridized carbons (Fsp3) is 0.333. The van der Waals surface area contributed by atoms with Crippen molar-refractivity contribution in [3.8, 4) is 5.75 Å². The second kappa shape index (κ2) is 6.24. The Morgan fingerprint density at radius 3 is 2.64 bits per heavy atom. The van der Waals surface area contributed by atoms with Crippen LogP contribution in [0.5, 0.6) is 5.75 Å². The van der Waals surface area contributed by atoms with Crippen molar-refractivity contribution in [3.63, 3.8) is 0 Å². The van der Waals surface area contributed by atoms with E-state index in [1.54, 1.807) is 18.2 Å². The minimum Gasteiger partial charge on any atom is -0.508 e. The third kappa shape index (κ3) is 3.46. The van der Waals surface area contributed by atoms with Crippen LogP contribution in [0.1, 0.15) is 18.0 Å². The van der Waals surface area contributed by atoms with Crippen LogP contribution in [0.25, 0.3) is 0 Å². The van der Waals surface area contributed by atoms with Gasteiger partial charge in [0.05, 0.1) is 0 Å². The maximum Gasteiger partial charge on any atom is 0.120 e. The molecule has 3 nitrogen and oxygen atoms in total. The first-order valence-corrected chi connectivity index (χ1v) is 4.79. The molecule has 0 unspecified atom stereocenters. The molecule has 0 aliphatic carbocycles. The van der Waals surface area contributed by atoms with Gasteiger partial charge in [-0.1, -0.05) is 15.9 Å². The summed E-state index contributed by atoms with van der Waals surface area (Å²) < 4.78 is 0.869. The number of hydrogen-bond donors (Lipinski definition) is 3. The number of halogens is 2. The van der Waals surface area contributed by atoms with Crippen molar-refractivity contribution >= 4 is 28.3 Å². The van der Waals surface area contributed by atoms with Gasteiger partial charge in [0.15, 0.2) is 0 Å². The number of benzene rings is 1. The van der Waals surface area contributed by atoms with E-state index in [-0.39, 0.29) is 30.8 Å². The molecule has 0 radical (unpaired) electrons. The van der Waals surface area contributed by atoms with E-state index in [1.807, 2.05) is 0 Å². The number of nitrogens with two attached hydrogens (primary N) is 1. The Bertz CT molecular complexity index is 296. The quantitative estimate of drug-likeness (QED) is 0.794. The molecule has 1 aromatic carbocycles. The van der Waals surface area contributed by atoms with Gasteiger partial charge >= 0.3 is 0 Å². The molecule has 5 heteroatoms. The predicted octanol–water partition coefficient (Wildman–Crippen LogP) is 1.96. The van der Waals surface area contributed by atoms with Gasteiger partial charge in [-0.2, -0.15) is 0 Å². The summed E-state index contributed by atoms with van der Waals surface area (Å²) >= 11 is 3.29. The summed E-state index contributed by atoms with van der Waals surface area (Å²) in [6.45, 7) is 0.0210. The van der Waals surface area contributed by atoms with Crippen LogP contribution < -0.4 is 5.73 Å². The molecule has 0 bridgehead atoms. The molecule has 1 aromatic rings. The zero-order valence-electron chi connectivity index (χ0n) is 7.48. The van der Waals surface area contributed by atoms with Gasteiger partial charge in [0, 0.05) is 22.7 Å². The fourth-order valence-corrected chi connectivity index (χ4v) is 1.50. The van der Waals surface area contributed by atoms with Gasteiger partial charge < -0.3 is 15.9 Å².